The van der Waals surface area contributed by atoms with Crippen molar-refractivity contribution in [2.45, 2.75) is 13.3 Å². The van der Waals surface area contributed by atoms with E-state index in [0.717, 1.165) is 0 Å². The topological polar surface area (TPSA) is 67.2 Å². The Balaban J connectivity index is 2.44. The molecule has 98 valence electrons. The smallest absolute Gasteiger partial charge is 0.334 e. The first-order valence-corrected chi connectivity index (χ1v) is 6.26. The van der Waals surface area contributed by atoms with E-state index in [2.05, 4.69) is 12.6 Å². The van der Waals surface area contributed by atoms with Crippen LogP contribution in [0.3, 0.4) is 0 Å². The predicted molar refractivity (Wildman–Crippen MR) is 68.7 cm³/mol. The van der Waals surface area contributed by atoms with E-state index >= 15 is 0 Å². The molecule has 0 amide bonds. The average molecular weight is 257 g/mol. The van der Waals surface area contributed by atoms with Gasteiger partial charge in [0.15, 0.2) is 0 Å². The zero-order valence-corrected chi connectivity index (χ0v) is 10.8. The second-order valence-corrected chi connectivity index (χ2v) is 4.68. The Morgan fingerprint density at radius 1 is 1.63 bits per heavy atom. The average Bonchev–Trinajstić information content (AvgIpc) is 2.49. The third-order valence-electron chi connectivity index (χ3n) is 3.53. The monoisotopic (exact) mass is 257 g/mol. The van der Waals surface area contributed by atoms with Gasteiger partial charge in [-0.1, -0.05) is 30.4 Å². The molecule has 3 atom stereocenters. The molecule has 1 fully saturated rings. The molecule has 2 aliphatic carbocycles. The van der Waals surface area contributed by atoms with Crippen LogP contribution in [-0.2, 0) is 14.3 Å². The highest BCUT2D eigenvalue weighted by atomic mass is 16.5. The van der Waals surface area contributed by atoms with Gasteiger partial charge in [0.25, 0.3) is 0 Å². The number of fused-ring (bicyclic) bond motifs is 2. The molecule has 0 unspecified atom stereocenters. The number of ketones is 1. The quantitative estimate of drug-likeness (QED) is 0.560. The van der Waals surface area contributed by atoms with Crippen molar-refractivity contribution in [1.29, 1.82) is 5.26 Å². The SMILES string of the molecule is C=C1C[C@@H]2C=CC=C(C(=O)OCC)[C@@H](C2=O)[C@@H]1C#N. The number of carbonyl (C=O) groups is 2. The number of allylic oxidation sites excluding steroid dienone is 4. The van der Waals surface area contributed by atoms with Crippen LogP contribution in [0.25, 0.3) is 0 Å². The number of Topliss-reactive ketones (excluding diaryl/α,β-unsaturated/α-hetero) is 1. The number of nitrogens with zero attached hydrogens (tertiary/aromatic N) is 1. The van der Waals surface area contributed by atoms with E-state index in [1.807, 2.05) is 0 Å². The summed E-state index contributed by atoms with van der Waals surface area (Å²) >= 11 is 0. The van der Waals surface area contributed by atoms with E-state index in [1.54, 1.807) is 25.2 Å². The minimum absolute atomic E-state index is 0.0907. The largest absolute Gasteiger partial charge is 0.463 e. The second kappa shape index (κ2) is 5.23. The van der Waals surface area contributed by atoms with Crippen LogP contribution in [0.15, 0.2) is 36.0 Å². The van der Waals surface area contributed by atoms with Gasteiger partial charge in [-0.25, -0.2) is 4.79 Å². The molecule has 0 aromatic heterocycles. The molecule has 4 heteroatoms. The summed E-state index contributed by atoms with van der Waals surface area (Å²) in [5, 5.41) is 9.25. The molecule has 0 aromatic carbocycles. The number of rotatable bonds is 2. The molecule has 4 nitrogen and oxygen atoms in total. The van der Waals surface area contributed by atoms with Gasteiger partial charge in [-0.2, -0.15) is 5.26 Å². The van der Waals surface area contributed by atoms with E-state index in [9.17, 15) is 14.9 Å². The molecule has 1 saturated carbocycles. The van der Waals surface area contributed by atoms with Gasteiger partial charge < -0.3 is 4.74 Å². The molecular weight excluding hydrogens is 242 g/mol. The van der Waals surface area contributed by atoms with Crippen LogP contribution in [0.1, 0.15) is 13.3 Å². The van der Waals surface area contributed by atoms with Crippen molar-refractivity contribution in [3.05, 3.63) is 36.0 Å². The lowest BCUT2D eigenvalue weighted by Gasteiger charge is -2.31. The van der Waals surface area contributed by atoms with Crippen molar-refractivity contribution in [1.82, 2.24) is 0 Å². The maximum atomic E-state index is 12.4. The summed E-state index contributed by atoms with van der Waals surface area (Å²) in [6.07, 6.45) is 5.53. The highest BCUT2D eigenvalue weighted by Gasteiger charge is 2.44. The lowest BCUT2D eigenvalue weighted by molar-refractivity contribution is -0.141. The van der Waals surface area contributed by atoms with Gasteiger partial charge >= 0.3 is 5.97 Å². The normalized spacial score (nSPS) is 29.3. The van der Waals surface area contributed by atoms with E-state index in [-0.39, 0.29) is 23.9 Å². The predicted octanol–water partition coefficient (Wildman–Crippen LogP) is 1.95. The van der Waals surface area contributed by atoms with Crippen LogP contribution in [0.5, 0.6) is 0 Å². The number of hydrogen-bond donors (Lipinski definition) is 0. The minimum atomic E-state index is -0.745. The molecule has 19 heavy (non-hydrogen) atoms. The van der Waals surface area contributed by atoms with Crippen molar-refractivity contribution in [2.24, 2.45) is 17.8 Å². The first-order valence-electron chi connectivity index (χ1n) is 6.26. The van der Waals surface area contributed by atoms with Crippen LogP contribution in [-0.4, -0.2) is 18.4 Å². The molecular formula is C15H15NO3. The fourth-order valence-corrected chi connectivity index (χ4v) is 2.61. The summed E-state index contributed by atoms with van der Waals surface area (Å²) in [5.41, 5.74) is 0.969. The molecule has 2 aliphatic rings. The van der Waals surface area contributed by atoms with Crippen LogP contribution in [0, 0.1) is 29.1 Å². The van der Waals surface area contributed by atoms with E-state index in [4.69, 9.17) is 4.74 Å². The van der Waals surface area contributed by atoms with Gasteiger partial charge in [0.2, 0.25) is 0 Å². The van der Waals surface area contributed by atoms with Crippen LogP contribution in [0.4, 0.5) is 0 Å². The Morgan fingerprint density at radius 3 is 3.00 bits per heavy atom. The van der Waals surface area contributed by atoms with Crippen molar-refractivity contribution in [3.63, 3.8) is 0 Å². The summed E-state index contributed by atoms with van der Waals surface area (Å²) in [7, 11) is 0. The van der Waals surface area contributed by atoms with Crippen molar-refractivity contribution < 1.29 is 14.3 Å². The van der Waals surface area contributed by atoms with Crippen molar-refractivity contribution >= 4 is 11.8 Å². The molecule has 0 radical (unpaired) electrons. The van der Waals surface area contributed by atoms with Gasteiger partial charge in [0.1, 0.15) is 5.78 Å². The molecule has 0 aliphatic heterocycles. The lowest BCUT2D eigenvalue weighted by atomic mass is 9.69. The molecule has 0 spiro atoms. The molecule has 0 saturated heterocycles. The fraction of sp³-hybridized carbons (Fsp3) is 0.400. The lowest BCUT2D eigenvalue weighted by Crippen LogP contribution is -2.37. The molecule has 2 rings (SSSR count). The van der Waals surface area contributed by atoms with E-state index in [1.165, 1.54) is 0 Å². The van der Waals surface area contributed by atoms with Gasteiger partial charge in [-0.05, 0) is 13.3 Å². The van der Waals surface area contributed by atoms with E-state index < -0.39 is 17.8 Å². The van der Waals surface area contributed by atoms with Crippen LogP contribution >= 0.6 is 0 Å². The molecule has 0 aromatic rings. The van der Waals surface area contributed by atoms with E-state index in [0.29, 0.717) is 12.0 Å². The highest BCUT2D eigenvalue weighted by molar-refractivity contribution is 6.01. The Kier molecular flexibility index (Phi) is 3.66. The Hall–Kier alpha value is -2.15. The summed E-state index contributed by atoms with van der Waals surface area (Å²) < 4.78 is 4.97. The summed E-state index contributed by atoms with van der Waals surface area (Å²) in [6, 6.07) is 2.10. The number of ether oxygens (including phenoxy) is 1. The van der Waals surface area contributed by atoms with Gasteiger partial charge in [0, 0.05) is 11.5 Å². The number of esters is 1. The first kappa shape index (κ1) is 13.3. The number of hydrogen-bond acceptors (Lipinski definition) is 4. The van der Waals surface area contributed by atoms with Gasteiger partial charge in [-0.3, -0.25) is 4.79 Å². The Labute approximate surface area is 112 Å². The zero-order valence-electron chi connectivity index (χ0n) is 10.8. The molecule has 0 heterocycles. The third kappa shape index (κ3) is 2.24. The zero-order chi connectivity index (χ0) is 14.0. The standard InChI is InChI=1S/C15H15NO3/c1-3-19-15(18)11-6-4-5-10-7-9(2)12(8-16)13(11)14(10)17/h4-6,10,12-13H,2-3,7H2,1H3/t10-,12+,13+/m0/s1. The summed E-state index contributed by atoms with van der Waals surface area (Å²) in [5.74, 6) is -2.29. The van der Waals surface area contributed by atoms with Crippen LogP contribution in [0.2, 0.25) is 0 Å². The minimum Gasteiger partial charge on any atom is -0.463 e. The highest BCUT2D eigenvalue weighted by Crippen LogP contribution is 2.40. The Morgan fingerprint density at radius 2 is 2.37 bits per heavy atom. The number of carbonyl (C=O) groups excluding carboxylic acids is 2. The third-order valence-corrected chi connectivity index (χ3v) is 3.53. The summed E-state index contributed by atoms with van der Waals surface area (Å²) in [6.45, 7) is 5.82. The maximum absolute atomic E-state index is 12.4. The first-order chi connectivity index (χ1) is 9.10. The van der Waals surface area contributed by atoms with Gasteiger partial charge in [0.05, 0.1) is 24.5 Å². The summed E-state index contributed by atoms with van der Waals surface area (Å²) in [4.78, 5) is 24.3. The Bertz CT molecular complexity index is 536. The fourth-order valence-electron chi connectivity index (χ4n) is 2.61. The maximum Gasteiger partial charge on any atom is 0.334 e. The number of nitriles is 1. The molecule has 0 N–H and O–H groups in total. The van der Waals surface area contributed by atoms with Crippen molar-refractivity contribution in [2.75, 3.05) is 6.61 Å². The molecule has 2 bridgehead atoms. The second-order valence-electron chi connectivity index (χ2n) is 4.68. The van der Waals surface area contributed by atoms with Gasteiger partial charge in [-0.15, -0.1) is 0 Å². The van der Waals surface area contributed by atoms with Crippen LogP contribution < -0.4 is 0 Å². The van der Waals surface area contributed by atoms with Crippen molar-refractivity contribution in [3.8, 4) is 6.07 Å².